The van der Waals surface area contributed by atoms with E-state index in [9.17, 15) is 0 Å². The normalized spacial score (nSPS) is 20.1. The second-order valence-corrected chi connectivity index (χ2v) is 4.27. The Morgan fingerprint density at radius 1 is 1.60 bits per heavy atom. The molecule has 2 unspecified atom stereocenters. The van der Waals surface area contributed by atoms with Gasteiger partial charge in [0, 0.05) is 13.2 Å². The summed E-state index contributed by atoms with van der Waals surface area (Å²) in [7, 11) is 3.81. The largest absolute Gasteiger partial charge is 0.472 e. The van der Waals surface area contributed by atoms with Crippen molar-refractivity contribution in [1.82, 2.24) is 5.32 Å². The summed E-state index contributed by atoms with van der Waals surface area (Å²) >= 11 is 0. The minimum absolute atomic E-state index is 0.338. The first kappa shape index (κ1) is 10.7. The topological polar surface area (TPSA) is 34.4 Å². The quantitative estimate of drug-likeness (QED) is 0.776. The lowest BCUT2D eigenvalue weighted by Crippen LogP contribution is -2.41. The average molecular weight is 209 g/mol. The van der Waals surface area contributed by atoms with Gasteiger partial charge in [0.25, 0.3) is 0 Å². The third-order valence-corrected chi connectivity index (χ3v) is 3.16. The molecule has 0 aliphatic heterocycles. The number of ether oxygens (including phenoxy) is 1. The van der Waals surface area contributed by atoms with Crippen molar-refractivity contribution in [1.29, 1.82) is 0 Å². The van der Waals surface area contributed by atoms with Crippen LogP contribution in [0.3, 0.4) is 0 Å². The molecular formula is C12H19NO2. The smallest absolute Gasteiger partial charge is 0.0935 e. The zero-order valence-corrected chi connectivity index (χ0v) is 9.40. The maximum Gasteiger partial charge on any atom is 0.0935 e. The Morgan fingerprint density at radius 2 is 2.40 bits per heavy atom. The van der Waals surface area contributed by atoms with Crippen LogP contribution >= 0.6 is 0 Å². The van der Waals surface area contributed by atoms with Crippen molar-refractivity contribution in [2.45, 2.75) is 31.4 Å². The Balaban J connectivity index is 1.96. The highest BCUT2D eigenvalue weighted by molar-refractivity contribution is 5.09. The van der Waals surface area contributed by atoms with Crippen LogP contribution in [-0.4, -0.2) is 26.3 Å². The highest BCUT2D eigenvalue weighted by Gasteiger charge is 2.36. The van der Waals surface area contributed by atoms with Gasteiger partial charge in [-0.1, -0.05) is 0 Å². The van der Waals surface area contributed by atoms with E-state index in [-0.39, 0.29) is 0 Å². The molecule has 1 aromatic rings. The van der Waals surface area contributed by atoms with E-state index in [1.807, 2.05) is 26.5 Å². The van der Waals surface area contributed by atoms with Crippen LogP contribution in [0.4, 0.5) is 0 Å². The highest BCUT2D eigenvalue weighted by atomic mass is 16.5. The molecule has 0 saturated heterocycles. The molecular weight excluding hydrogens is 190 g/mol. The van der Waals surface area contributed by atoms with Crippen molar-refractivity contribution >= 4 is 0 Å². The molecule has 15 heavy (non-hydrogen) atoms. The number of hydrogen-bond acceptors (Lipinski definition) is 3. The van der Waals surface area contributed by atoms with Gasteiger partial charge in [-0.3, -0.25) is 0 Å². The predicted octanol–water partition coefficient (Wildman–Crippen LogP) is 1.84. The van der Waals surface area contributed by atoms with E-state index in [2.05, 4.69) is 5.32 Å². The fourth-order valence-electron chi connectivity index (χ4n) is 2.16. The monoisotopic (exact) mass is 209 g/mol. The lowest BCUT2D eigenvalue weighted by molar-refractivity contribution is 0.0534. The van der Waals surface area contributed by atoms with E-state index in [1.54, 1.807) is 6.26 Å². The fourth-order valence-corrected chi connectivity index (χ4v) is 2.16. The zero-order valence-electron chi connectivity index (χ0n) is 9.40. The summed E-state index contributed by atoms with van der Waals surface area (Å²) in [5, 5.41) is 3.35. The van der Waals surface area contributed by atoms with Gasteiger partial charge in [0.15, 0.2) is 0 Å². The molecule has 0 radical (unpaired) electrons. The predicted molar refractivity (Wildman–Crippen MR) is 58.8 cm³/mol. The van der Waals surface area contributed by atoms with Gasteiger partial charge in [-0.15, -0.1) is 0 Å². The number of nitrogens with one attached hydrogen (secondary N) is 1. The molecule has 0 spiro atoms. The molecule has 0 bridgehead atoms. The molecule has 1 saturated carbocycles. The van der Waals surface area contributed by atoms with Crippen LogP contribution in [0, 0.1) is 5.92 Å². The summed E-state index contributed by atoms with van der Waals surface area (Å²) in [6, 6.07) is 2.41. The number of likely N-dealkylation sites (N-methyl/N-ethyl adjacent to an activating group) is 1. The Kier molecular flexibility index (Phi) is 3.44. The van der Waals surface area contributed by atoms with Crippen LogP contribution in [0.5, 0.6) is 0 Å². The highest BCUT2D eigenvalue weighted by Crippen LogP contribution is 2.36. The summed E-state index contributed by atoms with van der Waals surface area (Å²) < 4.78 is 10.7. The number of furan rings is 1. The Hall–Kier alpha value is -0.800. The summed E-state index contributed by atoms with van der Waals surface area (Å²) in [5.41, 5.74) is 1.23. The number of methoxy groups -OCH3 is 1. The second kappa shape index (κ2) is 4.81. The SMILES string of the molecule is CNC(Cc1ccoc1)C(OC)C1CC1. The Bertz CT molecular complexity index is 280. The number of hydrogen-bond donors (Lipinski definition) is 1. The van der Waals surface area contributed by atoms with Gasteiger partial charge in [-0.2, -0.15) is 0 Å². The van der Waals surface area contributed by atoms with Crippen molar-refractivity contribution in [2.75, 3.05) is 14.2 Å². The van der Waals surface area contributed by atoms with E-state index in [0.29, 0.717) is 12.1 Å². The third-order valence-electron chi connectivity index (χ3n) is 3.16. The molecule has 1 N–H and O–H groups in total. The molecule has 3 nitrogen and oxygen atoms in total. The first-order valence-electron chi connectivity index (χ1n) is 5.56. The van der Waals surface area contributed by atoms with Crippen molar-refractivity contribution in [2.24, 2.45) is 5.92 Å². The molecule has 1 heterocycles. The lowest BCUT2D eigenvalue weighted by Gasteiger charge is -2.25. The van der Waals surface area contributed by atoms with E-state index >= 15 is 0 Å². The molecule has 84 valence electrons. The zero-order chi connectivity index (χ0) is 10.7. The Morgan fingerprint density at radius 3 is 2.87 bits per heavy atom. The van der Waals surface area contributed by atoms with Crippen LogP contribution in [0.1, 0.15) is 18.4 Å². The average Bonchev–Trinajstić information content (AvgIpc) is 2.95. The van der Waals surface area contributed by atoms with Crippen molar-refractivity contribution in [3.8, 4) is 0 Å². The molecule has 1 aliphatic carbocycles. The summed E-state index contributed by atoms with van der Waals surface area (Å²) in [5.74, 6) is 0.749. The Labute approximate surface area is 90.8 Å². The second-order valence-electron chi connectivity index (χ2n) is 4.27. The van der Waals surface area contributed by atoms with Gasteiger partial charge in [0.2, 0.25) is 0 Å². The molecule has 2 rings (SSSR count). The van der Waals surface area contributed by atoms with Crippen LogP contribution in [0.25, 0.3) is 0 Å². The van der Waals surface area contributed by atoms with Crippen LogP contribution in [0.2, 0.25) is 0 Å². The van der Waals surface area contributed by atoms with Gasteiger partial charge >= 0.3 is 0 Å². The fraction of sp³-hybridized carbons (Fsp3) is 0.667. The molecule has 3 heteroatoms. The van der Waals surface area contributed by atoms with Gasteiger partial charge in [-0.25, -0.2) is 0 Å². The third kappa shape index (κ3) is 2.61. The van der Waals surface area contributed by atoms with Crippen molar-refractivity contribution in [3.63, 3.8) is 0 Å². The van der Waals surface area contributed by atoms with Gasteiger partial charge in [0.05, 0.1) is 18.6 Å². The van der Waals surface area contributed by atoms with Crippen LogP contribution in [0.15, 0.2) is 23.0 Å². The van der Waals surface area contributed by atoms with E-state index in [1.165, 1.54) is 18.4 Å². The van der Waals surface area contributed by atoms with Gasteiger partial charge < -0.3 is 14.5 Å². The molecule has 2 atom stereocenters. The first-order valence-corrected chi connectivity index (χ1v) is 5.56. The standard InChI is InChI=1S/C12H19NO2/c1-13-11(7-9-5-6-15-8-9)12(14-2)10-3-4-10/h5-6,8,10-13H,3-4,7H2,1-2H3. The molecule has 1 fully saturated rings. The molecule has 0 aromatic carbocycles. The van der Waals surface area contributed by atoms with Gasteiger partial charge in [-0.05, 0) is 43.9 Å². The van der Waals surface area contributed by atoms with Crippen LogP contribution in [-0.2, 0) is 11.2 Å². The van der Waals surface area contributed by atoms with Crippen molar-refractivity contribution < 1.29 is 9.15 Å². The number of rotatable bonds is 6. The van der Waals surface area contributed by atoms with E-state index in [0.717, 1.165) is 12.3 Å². The molecule has 0 amide bonds. The van der Waals surface area contributed by atoms with E-state index < -0.39 is 0 Å². The maximum absolute atomic E-state index is 5.58. The summed E-state index contributed by atoms with van der Waals surface area (Å²) in [4.78, 5) is 0. The summed E-state index contributed by atoms with van der Waals surface area (Å²) in [6.07, 6.45) is 7.46. The van der Waals surface area contributed by atoms with Crippen molar-refractivity contribution in [3.05, 3.63) is 24.2 Å². The summed E-state index contributed by atoms with van der Waals surface area (Å²) in [6.45, 7) is 0. The minimum atomic E-state index is 0.338. The molecule has 1 aliphatic rings. The first-order chi connectivity index (χ1) is 7.35. The maximum atomic E-state index is 5.58. The minimum Gasteiger partial charge on any atom is -0.472 e. The van der Waals surface area contributed by atoms with E-state index in [4.69, 9.17) is 9.15 Å². The lowest BCUT2D eigenvalue weighted by atomic mass is 10.00. The van der Waals surface area contributed by atoms with Crippen LogP contribution < -0.4 is 5.32 Å². The molecule has 1 aromatic heterocycles. The van der Waals surface area contributed by atoms with Gasteiger partial charge in [0.1, 0.15) is 0 Å².